The van der Waals surface area contributed by atoms with Gasteiger partial charge in [-0.15, -0.1) is 0 Å². The first kappa shape index (κ1) is 13.6. The van der Waals surface area contributed by atoms with Crippen molar-refractivity contribution >= 4 is 11.6 Å². The standard InChI is InChI=1S/C16H23N3O/c1-18-10-11(9-17)8-15(18)12-4-3-5-14-13(12)6-7-16(20)19(14)2/h3-5,11,15H,6-10,17H2,1-2H3. The number of carbonyl (C=O) groups excluding carboxylic acids is 1. The van der Waals surface area contributed by atoms with E-state index in [1.165, 1.54) is 11.1 Å². The highest BCUT2D eigenvalue weighted by molar-refractivity contribution is 5.96. The lowest BCUT2D eigenvalue weighted by atomic mass is 9.90. The Morgan fingerprint density at radius 3 is 2.80 bits per heavy atom. The molecule has 1 fully saturated rings. The van der Waals surface area contributed by atoms with E-state index in [1.807, 2.05) is 7.05 Å². The van der Waals surface area contributed by atoms with Gasteiger partial charge in [0.2, 0.25) is 5.91 Å². The summed E-state index contributed by atoms with van der Waals surface area (Å²) in [5.41, 5.74) is 9.66. The van der Waals surface area contributed by atoms with Crippen LogP contribution >= 0.6 is 0 Å². The van der Waals surface area contributed by atoms with Gasteiger partial charge in [0.25, 0.3) is 0 Å². The summed E-state index contributed by atoms with van der Waals surface area (Å²) < 4.78 is 0. The minimum atomic E-state index is 0.217. The lowest BCUT2D eigenvalue weighted by Gasteiger charge is -2.30. The van der Waals surface area contributed by atoms with Gasteiger partial charge in [-0.3, -0.25) is 9.69 Å². The average Bonchev–Trinajstić information content (AvgIpc) is 2.83. The van der Waals surface area contributed by atoms with Gasteiger partial charge in [-0.05, 0) is 49.5 Å². The van der Waals surface area contributed by atoms with Gasteiger partial charge in [0, 0.05) is 31.7 Å². The van der Waals surface area contributed by atoms with Crippen LogP contribution in [-0.2, 0) is 11.2 Å². The predicted octanol–water partition coefficient (Wildman–Crippen LogP) is 1.55. The Bertz CT molecular complexity index is 528. The van der Waals surface area contributed by atoms with E-state index in [2.05, 4.69) is 30.1 Å². The Morgan fingerprint density at radius 2 is 2.10 bits per heavy atom. The fourth-order valence-electron chi connectivity index (χ4n) is 3.66. The molecule has 0 bridgehead atoms. The second-order valence-corrected chi connectivity index (χ2v) is 6.09. The summed E-state index contributed by atoms with van der Waals surface area (Å²) in [5, 5.41) is 0. The van der Waals surface area contributed by atoms with Gasteiger partial charge in [-0.2, -0.15) is 0 Å². The van der Waals surface area contributed by atoms with Crippen LogP contribution in [0.5, 0.6) is 0 Å². The van der Waals surface area contributed by atoms with E-state index in [4.69, 9.17) is 5.73 Å². The lowest BCUT2D eigenvalue weighted by Crippen LogP contribution is -2.32. The van der Waals surface area contributed by atoms with Crippen LogP contribution in [0.25, 0.3) is 0 Å². The Kier molecular flexibility index (Phi) is 3.52. The average molecular weight is 273 g/mol. The predicted molar refractivity (Wildman–Crippen MR) is 80.7 cm³/mol. The molecule has 3 rings (SSSR count). The Hall–Kier alpha value is -1.39. The largest absolute Gasteiger partial charge is 0.330 e. The zero-order valence-electron chi connectivity index (χ0n) is 12.3. The first-order valence-corrected chi connectivity index (χ1v) is 7.40. The quantitative estimate of drug-likeness (QED) is 0.889. The molecule has 0 aromatic heterocycles. The lowest BCUT2D eigenvalue weighted by molar-refractivity contribution is -0.118. The van der Waals surface area contributed by atoms with Crippen molar-refractivity contribution < 1.29 is 4.79 Å². The van der Waals surface area contributed by atoms with E-state index < -0.39 is 0 Å². The molecule has 1 amide bonds. The molecule has 2 atom stereocenters. The van der Waals surface area contributed by atoms with Gasteiger partial charge in [0.05, 0.1) is 0 Å². The maximum atomic E-state index is 11.9. The number of nitrogens with zero attached hydrogens (tertiary/aromatic N) is 2. The zero-order chi connectivity index (χ0) is 14.3. The van der Waals surface area contributed by atoms with E-state index in [-0.39, 0.29) is 5.91 Å². The molecule has 1 aromatic carbocycles. The summed E-state index contributed by atoms with van der Waals surface area (Å²) in [5.74, 6) is 0.804. The maximum Gasteiger partial charge on any atom is 0.227 e. The SMILES string of the molecule is CN1C(=O)CCc2c(C3CC(CN)CN3C)cccc21. The third kappa shape index (κ3) is 2.13. The van der Waals surface area contributed by atoms with Gasteiger partial charge in [0.15, 0.2) is 0 Å². The minimum absolute atomic E-state index is 0.217. The molecule has 1 aromatic rings. The van der Waals surface area contributed by atoms with Crippen LogP contribution in [0.15, 0.2) is 18.2 Å². The number of benzene rings is 1. The van der Waals surface area contributed by atoms with Crippen LogP contribution in [0.4, 0.5) is 5.69 Å². The fraction of sp³-hybridized carbons (Fsp3) is 0.562. The third-order valence-corrected chi connectivity index (χ3v) is 4.84. The molecule has 0 spiro atoms. The molecule has 2 unspecified atom stereocenters. The summed E-state index contributed by atoms with van der Waals surface area (Å²) in [6.07, 6.45) is 2.62. The first-order chi connectivity index (χ1) is 9.61. The number of nitrogens with two attached hydrogens (primary N) is 1. The molecular weight excluding hydrogens is 250 g/mol. The van der Waals surface area contributed by atoms with Crippen LogP contribution in [0.1, 0.15) is 30.0 Å². The summed E-state index contributed by atoms with van der Waals surface area (Å²) in [4.78, 5) is 16.1. The number of rotatable bonds is 2. The van der Waals surface area contributed by atoms with Crippen LogP contribution in [0.2, 0.25) is 0 Å². The van der Waals surface area contributed by atoms with Crippen molar-refractivity contribution in [3.05, 3.63) is 29.3 Å². The Balaban J connectivity index is 1.97. The van der Waals surface area contributed by atoms with Crippen molar-refractivity contribution in [3.63, 3.8) is 0 Å². The minimum Gasteiger partial charge on any atom is -0.330 e. The summed E-state index contributed by atoms with van der Waals surface area (Å²) in [6, 6.07) is 6.81. The zero-order valence-corrected chi connectivity index (χ0v) is 12.3. The molecule has 1 saturated heterocycles. The van der Waals surface area contributed by atoms with Crippen molar-refractivity contribution in [1.82, 2.24) is 4.90 Å². The van der Waals surface area contributed by atoms with Crippen LogP contribution in [0.3, 0.4) is 0 Å². The molecular formula is C16H23N3O. The molecule has 0 aliphatic carbocycles. The van der Waals surface area contributed by atoms with Crippen molar-refractivity contribution in [3.8, 4) is 0 Å². The van der Waals surface area contributed by atoms with Gasteiger partial charge in [0.1, 0.15) is 0 Å². The molecule has 2 N–H and O–H groups in total. The molecule has 0 radical (unpaired) electrons. The van der Waals surface area contributed by atoms with Gasteiger partial charge >= 0.3 is 0 Å². The second kappa shape index (κ2) is 5.19. The van der Waals surface area contributed by atoms with Crippen molar-refractivity contribution in [2.75, 3.05) is 32.1 Å². The first-order valence-electron chi connectivity index (χ1n) is 7.40. The number of amides is 1. The number of hydrogen-bond acceptors (Lipinski definition) is 3. The van der Waals surface area contributed by atoms with Crippen molar-refractivity contribution in [1.29, 1.82) is 0 Å². The molecule has 2 aliphatic rings. The molecule has 108 valence electrons. The van der Waals surface area contributed by atoms with E-state index in [0.29, 0.717) is 18.4 Å². The van der Waals surface area contributed by atoms with Gasteiger partial charge < -0.3 is 10.6 Å². The highest BCUT2D eigenvalue weighted by Gasteiger charge is 2.33. The molecule has 2 aliphatic heterocycles. The number of likely N-dealkylation sites (tertiary alicyclic amines) is 1. The van der Waals surface area contributed by atoms with E-state index >= 15 is 0 Å². The van der Waals surface area contributed by atoms with Crippen molar-refractivity contribution in [2.45, 2.75) is 25.3 Å². The van der Waals surface area contributed by atoms with Gasteiger partial charge in [-0.25, -0.2) is 0 Å². The van der Waals surface area contributed by atoms with Gasteiger partial charge in [-0.1, -0.05) is 12.1 Å². The van der Waals surface area contributed by atoms with Crippen LogP contribution < -0.4 is 10.6 Å². The third-order valence-electron chi connectivity index (χ3n) is 4.84. The highest BCUT2D eigenvalue weighted by atomic mass is 16.2. The number of anilines is 1. The molecule has 4 nitrogen and oxygen atoms in total. The Morgan fingerprint density at radius 1 is 1.30 bits per heavy atom. The topological polar surface area (TPSA) is 49.6 Å². The molecule has 0 saturated carbocycles. The number of fused-ring (bicyclic) bond motifs is 1. The molecule has 20 heavy (non-hydrogen) atoms. The van der Waals surface area contributed by atoms with Crippen LogP contribution in [0, 0.1) is 5.92 Å². The van der Waals surface area contributed by atoms with E-state index in [0.717, 1.165) is 31.6 Å². The summed E-state index contributed by atoms with van der Waals surface area (Å²) >= 11 is 0. The summed E-state index contributed by atoms with van der Waals surface area (Å²) in [7, 11) is 4.06. The molecule has 4 heteroatoms. The number of carbonyl (C=O) groups is 1. The molecule has 2 heterocycles. The normalized spacial score (nSPS) is 26.9. The Labute approximate surface area is 120 Å². The smallest absolute Gasteiger partial charge is 0.227 e. The van der Waals surface area contributed by atoms with E-state index in [1.54, 1.807) is 4.90 Å². The fourth-order valence-corrected chi connectivity index (χ4v) is 3.66. The van der Waals surface area contributed by atoms with E-state index in [9.17, 15) is 4.79 Å². The highest BCUT2D eigenvalue weighted by Crippen LogP contribution is 2.39. The maximum absolute atomic E-state index is 11.9. The summed E-state index contributed by atoms with van der Waals surface area (Å²) in [6.45, 7) is 1.83. The van der Waals surface area contributed by atoms with Crippen LogP contribution in [-0.4, -0.2) is 38.0 Å². The van der Waals surface area contributed by atoms with Crippen molar-refractivity contribution in [2.24, 2.45) is 11.7 Å². The second-order valence-electron chi connectivity index (χ2n) is 6.09. The number of hydrogen-bond donors (Lipinski definition) is 1. The monoisotopic (exact) mass is 273 g/mol.